The minimum atomic E-state index is 0.915. The van der Waals surface area contributed by atoms with Gasteiger partial charge in [0.1, 0.15) is 11.2 Å². The van der Waals surface area contributed by atoms with Crippen LogP contribution >= 0.6 is 0 Å². The number of rotatable bonds is 3. The molecule has 49 heavy (non-hydrogen) atoms. The summed E-state index contributed by atoms with van der Waals surface area (Å²) in [6, 6.07) is 61.2. The van der Waals surface area contributed by atoms with E-state index in [1.807, 2.05) is 12.1 Å². The molecule has 3 heterocycles. The predicted octanol–water partition coefficient (Wildman–Crippen LogP) is 12.6. The third kappa shape index (κ3) is 3.67. The van der Waals surface area contributed by atoms with Crippen molar-refractivity contribution in [3.63, 3.8) is 0 Å². The van der Waals surface area contributed by atoms with Gasteiger partial charge in [0.25, 0.3) is 0 Å². The van der Waals surface area contributed by atoms with Gasteiger partial charge in [0.05, 0.1) is 22.1 Å². The van der Waals surface area contributed by atoms with Gasteiger partial charge in [-0.2, -0.15) is 0 Å². The number of hydrogen-bond acceptors (Lipinski definition) is 1. The van der Waals surface area contributed by atoms with Gasteiger partial charge in [-0.1, -0.05) is 115 Å². The van der Waals surface area contributed by atoms with Gasteiger partial charge in [-0.05, 0) is 71.1 Å². The van der Waals surface area contributed by atoms with Crippen molar-refractivity contribution in [1.82, 2.24) is 9.13 Å². The van der Waals surface area contributed by atoms with Crippen molar-refractivity contribution < 1.29 is 4.42 Å². The molecule has 0 aliphatic rings. The molecule has 0 saturated carbocycles. The molecule has 3 aromatic heterocycles. The number of furan rings is 1. The zero-order valence-electron chi connectivity index (χ0n) is 26.5. The molecule has 0 amide bonds. The Hall–Kier alpha value is -6.58. The van der Waals surface area contributed by atoms with Crippen LogP contribution < -0.4 is 0 Å². The van der Waals surface area contributed by atoms with Crippen LogP contribution in [-0.2, 0) is 0 Å². The van der Waals surface area contributed by atoms with E-state index in [4.69, 9.17) is 4.42 Å². The van der Waals surface area contributed by atoms with Crippen molar-refractivity contribution in [2.24, 2.45) is 0 Å². The highest BCUT2D eigenvalue weighted by Gasteiger charge is 2.24. The molecule has 0 saturated heterocycles. The minimum Gasteiger partial charge on any atom is -0.456 e. The zero-order chi connectivity index (χ0) is 32.1. The lowest BCUT2D eigenvalue weighted by atomic mass is 9.99. The lowest BCUT2D eigenvalue weighted by molar-refractivity contribution is 0.669. The summed E-state index contributed by atoms with van der Waals surface area (Å²) in [6.45, 7) is 0. The van der Waals surface area contributed by atoms with Gasteiger partial charge < -0.3 is 13.6 Å². The van der Waals surface area contributed by atoms with E-state index in [-0.39, 0.29) is 0 Å². The molecule has 0 radical (unpaired) electrons. The van der Waals surface area contributed by atoms with Crippen molar-refractivity contribution in [3.8, 4) is 22.5 Å². The Labute approximate surface area is 281 Å². The third-order valence-electron chi connectivity index (χ3n) is 10.3. The first-order valence-corrected chi connectivity index (χ1v) is 16.8. The second kappa shape index (κ2) is 9.96. The maximum absolute atomic E-state index is 6.11. The van der Waals surface area contributed by atoms with Crippen molar-refractivity contribution in [2.45, 2.75) is 0 Å². The highest BCUT2D eigenvalue weighted by Crippen LogP contribution is 2.46. The molecule has 11 rings (SSSR count). The number of fused-ring (bicyclic) bond motifs is 13. The molecular weight excluding hydrogens is 597 g/mol. The Bertz CT molecular complexity index is 3090. The normalized spacial score (nSPS) is 12.1. The number of nitrogens with zero attached hydrogens (tertiary/aromatic N) is 2. The van der Waals surface area contributed by atoms with Gasteiger partial charge in [0.2, 0.25) is 0 Å². The summed E-state index contributed by atoms with van der Waals surface area (Å²) in [4.78, 5) is 0. The molecule has 0 fully saturated rings. The van der Waals surface area contributed by atoms with Crippen LogP contribution in [-0.4, -0.2) is 9.13 Å². The van der Waals surface area contributed by atoms with Crippen LogP contribution in [0.4, 0.5) is 0 Å². The second-order valence-electron chi connectivity index (χ2n) is 12.9. The summed E-state index contributed by atoms with van der Waals surface area (Å²) in [5.74, 6) is 0. The summed E-state index contributed by atoms with van der Waals surface area (Å²) in [7, 11) is 0. The standard InChI is InChI=1S/C46H28N2O/c1-2-12-31(13-3-1)47-40-20-10-7-18-37(40)44-45(47)35-16-5-4-15-34(35)43-36-17-6-9-19-39(36)48(46(43)44)32-25-22-29(23-26-32)30-24-27-42-38(28-30)33-14-8-11-21-41(33)49-42/h1-28H. The molecule has 0 atom stereocenters. The highest BCUT2D eigenvalue weighted by atomic mass is 16.3. The van der Waals surface area contributed by atoms with Crippen LogP contribution in [0.3, 0.4) is 0 Å². The second-order valence-corrected chi connectivity index (χ2v) is 12.9. The van der Waals surface area contributed by atoms with Gasteiger partial charge in [-0.25, -0.2) is 0 Å². The summed E-state index contributed by atoms with van der Waals surface area (Å²) in [5, 5.41) is 9.87. The van der Waals surface area contributed by atoms with Crippen molar-refractivity contribution in [2.75, 3.05) is 0 Å². The molecule has 0 bridgehead atoms. The van der Waals surface area contributed by atoms with Crippen LogP contribution in [0.2, 0.25) is 0 Å². The van der Waals surface area contributed by atoms with Gasteiger partial charge in [0.15, 0.2) is 0 Å². The van der Waals surface area contributed by atoms with E-state index in [1.54, 1.807) is 0 Å². The van der Waals surface area contributed by atoms with Crippen molar-refractivity contribution in [3.05, 3.63) is 170 Å². The Kier molecular flexibility index (Phi) is 5.38. The fourth-order valence-electron chi connectivity index (χ4n) is 8.21. The largest absolute Gasteiger partial charge is 0.456 e. The number of para-hydroxylation sites is 4. The van der Waals surface area contributed by atoms with Crippen LogP contribution in [0.25, 0.3) is 98.8 Å². The molecule has 0 aliphatic heterocycles. The number of benzene rings is 8. The SMILES string of the molecule is c1ccc(-n2c3ccccc3c3c2c2ccccc2c2c4ccccc4n(-c4ccc(-c5ccc6oc7ccccc7c6c5)cc4)c23)cc1. The van der Waals surface area contributed by atoms with E-state index >= 15 is 0 Å². The van der Waals surface area contributed by atoms with Crippen LogP contribution in [0.5, 0.6) is 0 Å². The van der Waals surface area contributed by atoms with Gasteiger partial charge >= 0.3 is 0 Å². The molecule has 0 spiro atoms. The van der Waals surface area contributed by atoms with Crippen molar-refractivity contribution in [1.29, 1.82) is 0 Å². The molecule has 0 unspecified atom stereocenters. The summed E-state index contributed by atoms with van der Waals surface area (Å²) < 4.78 is 11.0. The molecule has 3 nitrogen and oxygen atoms in total. The smallest absolute Gasteiger partial charge is 0.135 e. The Balaban J connectivity index is 1.23. The topological polar surface area (TPSA) is 23.0 Å². The lowest BCUT2D eigenvalue weighted by Crippen LogP contribution is -1.96. The van der Waals surface area contributed by atoms with E-state index in [1.165, 1.54) is 65.5 Å². The average molecular weight is 625 g/mol. The highest BCUT2D eigenvalue weighted by molar-refractivity contribution is 6.36. The first-order valence-electron chi connectivity index (χ1n) is 16.8. The lowest BCUT2D eigenvalue weighted by Gasteiger charge is -2.13. The molecule has 3 heteroatoms. The molecule has 228 valence electrons. The van der Waals surface area contributed by atoms with Gasteiger partial charge in [-0.3, -0.25) is 0 Å². The van der Waals surface area contributed by atoms with E-state index in [0.29, 0.717) is 0 Å². The monoisotopic (exact) mass is 624 g/mol. The summed E-state index contributed by atoms with van der Waals surface area (Å²) >= 11 is 0. The fraction of sp³-hybridized carbons (Fsp3) is 0. The molecule has 0 aliphatic carbocycles. The van der Waals surface area contributed by atoms with E-state index in [0.717, 1.165) is 33.3 Å². The van der Waals surface area contributed by atoms with Crippen LogP contribution in [0.1, 0.15) is 0 Å². The third-order valence-corrected chi connectivity index (χ3v) is 10.3. The predicted molar refractivity (Wildman–Crippen MR) is 205 cm³/mol. The Morgan fingerprint density at radius 3 is 1.61 bits per heavy atom. The number of aromatic nitrogens is 2. The molecular formula is C46H28N2O. The van der Waals surface area contributed by atoms with E-state index in [2.05, 4.69) is 167 Å². The zero-order valence-corrected chi connectivity index (χ0v) is 26.5. The van der Waals surface area contributed by atoms with E-state index in [9.17, 15) is 0 Å². The average Bonchev–Trinajstić information content (AvgIpc) is 3.83. The summed E-state index contributed by atoms with van der Waals surface area (Å²) in [6.07, 6.45) is 0. The first kappa shape index (κ1) is 26.5. The Morgan fingerprint density at radius 2 is 0.857 bits per heavy atom. The van der Waals surface area contributed by atoms with Crippen LogP contribution in [0.15, 0.2) is 174 Å². The quantitative estimate of drug-likeness (QED) is 0.192. The van der Waals surface area contributed by atoms with Crippen molar-refractivity contribution >= 4 is 76.3 Å². The van der Waals surface area contributed by atoms with Crippen LogP contribution in [0, 0.1) is 0 Å². The molecule has 0 N–H and O–H groups in total. The minimum absolute atomic E-state index is 0.915. The molecule has 11 aromatic rings. The van der Waals surface area contributed by atoms with Gasteiger partial charge in [-0.15, -0.1) is 0 Å². The number of hydrogen-bond donors (Lipinski definition) is 0. The maximum atomic E-state index is 6.11. The first-order chi connectivity index (χ1) is 24.3. The molecule has 8 aromatic carbocycles. The van der Waals surface area contributed by atoms with E-state index < -0.39 is 0 Å². The fourth-order valence-corrected chi connectivity index (χ4v) is 8.21. The summed E-state index contributed by atoms with van der Waals surface area (Å²) in [5.41, 5.74) is 11.4. The Morgan fingerprint density at radius 1 is 0.327 bits per heavy atom. The van der Waals surface area contributed by atoms with Gasteiger partial charge in [0, 0.05) is 49.1 Å². The maximum Gasteiger partial charge on any atom is 0.135 e.